The molecular weight excluding hydrogens is 430 g/mol. The van der Waals surface area contributed by atoms with Crippen molar-refractivity contribution in [1.29, 1.82) is 0 Å². The summed E-state index contributed by atoms with van der Waals surface area (Å²) in [5.74, 6) is -0.439. The Kier molecular flexibility index (Phi) is 6.99. The Balaban J connectivity index is 1.57. The van der Waals surface area contributed by atoms with Crippen LogP contribution in [0.4, 0.5) is 5.69 Å². The Morgan fingerprint density at radius 1 is 1.17 bits per heavy atom. The molecule has 2 N–H and O–H groups in total. The average Bonchev–Trinajstić information content (AvgIpc) is 3.18. The zero-order valence-electron chi connectivity index (χ0n) is 16.2. The van der Waals surface area contributed by atoms with Crippen LogP contribution in [0.1, 0.15) is 25.1 Å². The second-order valence-electron chi connectivity index (χ2n) is 6.38. The highest BCUT2D eigenvalue weighted by atomic mass is 32.2. The molecule has 1 aromatic carbocycles. The fourth-order valence-corrected chi connectivity index (χ4v) is 6.95. The molecule has 1 aliphatic heterocycles. The highest BCUT2D eigenvalue weighted by Crippen LogP contribution is 2.36. The second-order valence-corrected chi connectivity index (χ2v) is 11.0. The quantitative estimate of drug-likeness (QED) is 0.641. The molecule has 0 bridgehead atoms. The van der Waals surface area contributed by atoms with Crippen molar-refractivity contribution in [3.05, 3.63) is 41.3 Å². The maximum Gasteiger partial charge on any atom is 0.252 e. The molecule has 7 nitrogen and oxygen atoms in total. The molecule has 10 heteroatoms. The van der Waals surface area contributed by atoms with Gasteiger partial charge in [-0.05, 0) is 24.3 Å². The second kappa shape index (κ2) is 9.29. The normalized spacial score (nSPS) is 16.4. The number of carbonyl (C=O) groups excluding carboxylic acids is 2. The number of hydrogen-bond donors (Lipinski definition) is 2. The van der Waals surface area contributed by atoms with Crippen molar-refractivity contribution in [3.63, 3.8) is 0 Å². The van der Waals surface area contributed by atoms with Gasteiger partial charge in [-0.3, -0.25) is 9.59 Å². The standard InChI is InChI=1S/C19H23N3O4S3/c1-3-22(4-2)29(25,26)18-10-9-13(27-18)12-20-17(23)11-16-19(24)21-14-7-5-6-8-15(14)28-16/h5-10,16H,3-4,11-12H2,1-2H3,(H,20,23)(H,21,24). The number of hydrogen-bond acceptors (Lipinski definition) is 6. The lowest BCUT2D eigenvalue weighted by molar-refractivity contribution is -0.124. The molecule has 0 saturated heterocycles. The van der Waals surface area contributed by atoms with Crippen molar-refractivity contribution in [3.8, 4) is 0 Å². The lowest BCUT2D eigenvalue weighted by Crippen LogP contribution is -2.34. The molecule has 1 atom stereocenters. The van der Waals surface area contributed by atoms with Crippen LogP contribution in [0.5, 0.6) is 0 Å². The third-order valence-electron chi connectivity index (χ3n) is 4.47. The Morgan fingerprint density at radius 3 is 2.62 bits per heavy atom. The molecular formula is C19H23N3O4S3. The lowest BCUT2D eigenvalue weighted by Gasteiger charge is -2.23. The van der Waals surface area contributed by atoms with Gasteiger partial charge in [0.2, 0.25) is 11.8 Å². The number of sulfonamides is 1. The van der Waals surface area contributed by atoms with Crippen molar-refractivity contribution in [2.24, 2.45) is 0 Å². The third-order valence-corrected chi connectivity index (χ3v) is 9.35. The number of nitrogens with one attached hydrogen (secondary N) is 2. The number of fused-ring (bicyclic) bond motifs is 1. The molecule has 1 unspecified atom stereocenters. The van der Waals surface area contributed by atoms with Crippen LogP contribution in [0.2, 0.25) is 0 Å². The van der Waals surface area contributed by atoms with Gasteiger partial charge in [0.25, 0.3) is 10.0 Å². The number of anilines is 1. The zero-order chi connectivity index (χ0) is 21.0. The molecule has 0 saturated carbocycles. The van der Waals surface area contributed by atoms with Crippen LogP contribution in [0.15, 0.2) is 45.5 Å². The van der Waals surface area contributed by atoms with Crippen LogP contribution >= 0.6 is 23.1 Å². The van der Waals surface area contributed by atoms with Gasteiger partial charge in [0.15, 0.2) is 0 Å². The van der Waals surface area contributed by atoms with Gasteiger partial charge in [0, 0.05) is 29.3 Å². The number of thioether (sulfide) groups is 1. The monoisotopic (exact) mass is 453 g/mol. The molecule has 0 spiro atoms. The minimum absolute atomic E-state index is 0.0564. The number of amides is 2. The first-order chi connectivity index (χ1) is 13.8. The molecule has 0 radical (unpaired) electrons. The molecule has 2 heterocycles. The predicted molar refractivity (Wildman–Crippen MR) is 116 cm³/mol. The highest BCUT2D eigenvalue weighted by molar-refractivity contribution is 8.01. The fraction of sp³-hybridized carbons (Fsp3) is 0.368. The minimum atomic E-state index is -3.49. The van der Waals surface area contributed by atoms with Crippen molar-refractivity contribution < 1.29 is 18.0 Å². The van der Waals surface area contributed by atoms with Crippen molar-refractivity contribution in [1.82, 2.24) is 9.62 Å². The van der Waals surface area contributed by atoms with E-state index < -0.39 is 15.3 Å². The number of nitrogens with zero attached hydrogens (tertiary/aromatic N) is 1. The molecule has 0 aliphatic carbocycles. The summed E-state index contributed by atoms with van der Waals surface area (Å²) in [6.07, 6.45) is 0.0564. The van der Waals surface area contributed by atoms with Crippen LogP contribution < -0.4 is 10.6 Å². The van der Waals surface area contributed by atoms with E-state index in [4.69, 9.17) is 0 Å². The molecule has 156 valence electrons. The highest BCUT2D eigenvalue weighted by Gasteiger charge is 2.29. The van der Waals surface area contributed by atoms with E-state index in [2.05, 4.69) is 10.6 Å². The number of benzene rings is 1. The van der Waals surface area contributed by atoms with E-state index in [1.54, 1.807) is 26.0 Å². The summed E-state index contributed by atoms with van der Waals surface area (Å²) in [6.45, 7) is 4.65. The number of rotatable bonds is 8. The van der Waals surface area contributed by atoms with Crippen LogP contribution in [0, 0.1) is 0 Å². The summed E-state index contributed by atoms with van der Waals surface area (Å²) >= 11 is 2.53. The Hall–Kier alpha value is -1.88. The summed E-state index contributed by atoms with van der Waals surface area (Å²) in [4.78, 5) is 26.2. The SMILES string of the molecule is CCN(CC)S(=O)(=O)c1ccc(CNC(=O)CC2Sc3ccccc3NC2=O)s1. The largest absolute Gasteiger partial charge is 0.351 e. The van der Waals surface area contributed by atoms with Gasteiger partial charge in [-0.15, -0.1) is 23.1 Å². The van der Waals surface area contributed by atoms with E-state index in [1.165, 1.54) is 16.1 Å². The number of para-hydroxylation sites is 1. The maximum absolute atomic E-state index is 12.5. The Morgan fingerprint density at radius 2 is 1.90 bits per heavy atom. The summed E-state index contributed by atoms with van der Waals surface area (Å²) in [5, 5.41) is 5.11. The van der Waals surface area contributed by atoms with Gasteiger partial charge in [-0.25, -0.2) is 8.42 Å². The molecule has 2 aromatic rings. The van der Waals surface area contributed by atoms with E-state index in [1.807, 2.05) is 24.3 Å². The minimum Gasteiger partial charge on any atom is -0.351 e. The first-order valence-corrected chi connectivity index (χ1v) is 12.4. The van der Waals surface area contributed by atoms with Crippen LogP contribution in [-0.2, 0) is 26.2 Å². The maximum atomic E-state index is 12.5. The van der Waals surface area contributed by atoms with E-state index in [9.17, 15) is 18.0 Å². The van der Waals surface area contributed by atoms with Gasteiger partial charge < -0.3 is 10.6 Å². The summed E-state index contributed by atoms with van der Waals surface area (Å²) in [6, 6.07) is 10.8. The van der Waals surface area contributed by atoms with E-state index in [-0.39, 0.29) is 29.0 Å². The number of thiophene rings is 1. The molecule has 1 aliphatic rings. The average molecular weight is 454 g/mol. The van der Waals surface area contributed by atoms with Gasteiger partial charge in [0.05, 0.1) is 17.5 Å². The van der Waals surface area contributed by atoms with Crippen molar-refractivity contribution in [2.45, 2.75) is 41.2 Å². The van der Waals surface area contributed by atoms with E-state index in [0.29, 0.717) is 13.1 Å². The Labute approximate surface area is 178 Å². The molecule has 2 amide bonds. The summed E-state index contributed by atoms with van der Waals surface area (Å²) in [5.41, 5.74) is 0.764. The predicted octanol–water partition coefficient (Wildman–Crippen LogP) is 2.90. The van der Waals surface area contributed by atoms with Crippen LogP contribution in [0.3, 0.4) is 0 Å². The van der Waals surface area contributed by atoms with Crippen molar-refractivity contribution >= 4 is 50.6 Å². The van der Waals surface area contributed by atoms with Crippen LogP contribution in [-0.4, -0.2) is 42.9 Å². The fourth-order valence-electron chi connectivity index (χ4n) is 2.94. The van der Waals surface area contributed by atoms with E-state index in [0.717, 1.165) is 26.8 Å². The topological polar surface area (TPSA) is 95.6 Å². The van der Waals surface area contributed by atoms with Crippen LogP contribution in [0.25, 0.3) is 0 Å². The first kappa shape index (κ1) is 21.8. The summed E-state index contributed by atoms with van der Waals surface area (Å²) < 4.78 is 26.8. The molecule has 29 heavy (non-hydrogen) atoms. The molecule has 1 aromatic heterocycles. The molecule has 0 fully saturated rings. The van der Waals surface area contributed by atoms with Gasteiger partial charge in [0.1, 0.15) is 4.21 Å². The van der Waals surface area contributed by atoms with Gasteiger partial charge >= 0.3 is 0 Å². The smallest absolute Gasteiger partial charge is 0.252 e. The van der Waals surface area contributed by atoms with E-state index >= 15 is 0 Å². The van der Waals surface area contributed by atoms with Gasteiger partial charge in [-0.1, -0.05) is 26.0 Å². The third kappa shape index (κ3) is 5.00. The van der Waals surface area contributed by atoms with Gasteiger partial charge in [-0.2, -0.15) is 4.31 Å². The lowest BCUT2D eigenvalue weighted by atomic mass is 10.2. The first-order valence-electron chi connectivity index (χ1n) is 9.27. The number of carbonyl (C=O) groups is 2. The Bertz CT molecular complexity index is 1000. The summed E-state index contributed by atoms with van der Waals surface area (Å²) in [7, 11) is -3.49. The van der Waals surface area contributed by atoms with Crippen molar-refractivity contribution in [2.75, 3.05) is 18.4 Å². The molecule has 3 rings (SSSR count). The zero-order valence-corrected chi connectivity index (χ0v) is 18.6.